The zero-order chi connectivity index (χ0) is 26.2. The molecular formula is C24H22N2O8S2. The van der Waals surface area contributed by atoms with Crippen molar-refractivity contribution in [2.45, 2.75) is 36.6 Å². The van der Waals surface area contributed by atoms with Gasteiger partial charge in [-0.15, -0.1) is 4.33 Å². The first-order valence-electron chi connectivity index (χ1n) is 10.7. The molecule has 1 aliphatic carbocycles. The summed E-state index contributed by atoms with van der Waals surface area (Å²) in [6.07, 6.45) is 0. The molecule has 0 aromatic heterocycles. The average molecular weight is 531 g/mol. The van der Waals surface area contributed by atoms with E-state index in [2.05, 4.69) is 20.0 Å². The number of rotatable bonds is 8. The first-order chi connectivity index (χ1) is 17.0. The maximum atomic E-state index is 13.7. The molecule has 12 heteroatoms. The Kier molecular flexibility index (Phi) is 7.18. The molecule has 0 bridgehead atoms. The predicted molar refractivity (Wildman–Crippen MR) is 133 cm³/mol. The second kappa shape index (κ2) is 10.0. The highest BCUT2D eigenvalue weighted by Gasteiger charge is 2.37. The molecule has 10 nitrogen and oxygen atoms in total. The average Bonchev–Trinajstić information content (AvgIpc) is 2.82. The first-order valence-corrected chi connectivity index (χ1v) is 12.9. The maximum absolute atomic E-state index is 13.7. The van der Waals surface area contributed by atoms with Gasteiger partial charge in [0.1, 0.15) is 4.90 Å². The summed E-state index contributed by atoms with van der Waals surface area (Å²) < 4.78 is 39.5. The van der Waals surface area contributed by atoms with Gasteiger partial charge in [0.25, 0.3) is 10.1 Å². The summed E-state index contributed by atoms with van der Waals surface area (Å²) in [6.45, 7) is 5.28. The number of anilines is 3. The van der Waals surface area contributed by atoms with Crippen LogP contribution in [0.4, 0.5) is 17.1 Å². The molecule has 0 aliphatic heterocycles. The van der Waals surface area contributed by atoms with Gasteiger partial charge in [-0.05, 0) is 44.5 Å². The van der Waals surface area contributed by atoms with Gasteiger partial charge in [0.2, 0.25) is 0 Å². The van der Waals surface area contributed by atoms with Crippen LogP contribution >= 0.6 is 12.0 Å². The summed E-state index contributed by atoms with van der Waals surface area (Å²) >= 11 is 0.663. The van der Waals surface area contributed by atoms with Crippen molar-refractivity contribution in [3.63, 3.8) is 0 Å². The van der Waals surface area contributed by atoms with Crippen molar-refractivity contribution in [1.29, 1.82) is 0 Å². The highest BCUT2D eigenvalue weighted by atomic mass is 32.2. The van der Waals surface area contributed by atoms with Gasteiger partial charge >= 0.3 is 0 Å². The Labute approximate surface area is 211 Å². The van der Waals surface area contributed by atoms with E-state index >= 15 is 0 Å². The van der Waals surface area contributed by atoms with Crippen molar-refractivity contribution in [2.75, 3.05) is 10.6 Å². The Balaban J connectivity index is 2.02. The third-order valence-electron chi connectivity index (χ3n) is 5.43. The molecule has 0 unspecified atom stereocenters. The van der Waals surface area contributed by atoms with E-state index < -0.39 is 26.6 Å². The van der Waals surface area contributed by atoms with Gasteiger partial charge in [-0.3, -0.25) is 14.1 Å². The van der Waals surface area contributed by atoms with Crippen molar-refractivity contribution >= 4 is 50.8 Å². The lowest BCUT2D eigenvalue weighted by Gasteiger charge is -2.26. The molecule has 0 atom stereocenters. The second-order valence-corrected chi connectivity index (χ2v) is 10.5. The van der Waals surface area contributed by atoms with Crippen LogP contribution in [-0.2, 0) is 19.5 Å². The zero-order valence-electron chi connectivity index (χ0n) is 19.4. The van der Waals surface area contributed by atoms with Crippen molar-refractivity contribution in [1.82, 2.24) is 0 Å². The summed E-state index contributed by atoms with van der Waals surface area (Å²) in [4.78, 5) is 27.1. The largest absolute Gasteiger partial charge is 0.381 e. The maximum Gasteiger partial charge on any atom is 0.296 e. The number of benzene rings is 3. The van der Waals surface area contributed by atoms with Crippen LogP contribution in [0, 0.1) is 6.92 Å². The summed E-state index contributed by atoms with van der Waals surface area (Å²) in [5, 5.41) is 18.2. The molecule has 0 saturated heterocycles. The Bertz CT molecular complexity index is 1490. The summed E-state index contributed by atoms with van der Waals surface area (Å²) in [6, 6.07) is 12.1. The van der Waals surface area contributed by atoms with E-state index in [9.17, 15) is 22.6 Å². The molecule has 0 saturated carbocycles. The predicted octanol–water partition coefficient (Wildman–Crippen LogP) is 5.01. The summed E-state index contributed by atoms with van der Waals surface area (Å²) in [7, 11) is -4.83. The minimum atomic E-state index is -4.83. The number of nitrogens with one attached hydrogen (secondary N) is 2. The molecule has 4 rings (SSSR count). The number of hydrogen-bond acceptors (Lipinski definition) is 10. The number of hydrogen-bond donors (Lipinski definition) is 4. The van der Waals surface area contributed by atoms with Crippen molar-refractivity contribution in [2.24, 2.45) is 0 Å². The van der Waals surface area contributed by atoms with Crippen LogP contribution in [0.3, 0.4) is 0 Å². The Morgan fingerprint density at radius 3 is 2.17 bits per heavy atom. The van der Waals surface area contributed by atoms with Gasteiger partial charge < -0.3 is 10.6 Å². The number of aryl methyl sites for hydroxylation is 1. The van der Waals surface area contributed by atoms with Crippen molar-refractivity contribution < 1.29 is 37.2 Å². The van der Waals surface area contributed by atoms with Gasteiger partial charge in [-0.25, -0.2) is 5.26 Å². The van der Waals surface area contributed by atoms with Crippen LogP contribution in [-0.4, -0.2) is 35.8 Å². The van der Waals surface area contributed by atoms with Crippen molar-refractivity contribution in [3.05, 3.63) is 76.3 Å². The fourth-order valence-corrected chi connectivity index (χ4v) is 5.23. The number of fused-ring (bicyclic) bond motifs is 2. The van der Waals surface area contributed by atoms with E-state index in [1.807, 2.05) is 6.92 Å². The number of carbonyl (C=O) groups is 2. The van der Waals surface area contributed by atoms with Crippen LogP contribution in [0.5, 0.6) is 0 Å². The molecule has 1 aliphatic rings. The minimum absolute atomic E-state index is 0.0181. The molecule has 0 spiro atoms. The van der Waals surface area contributed by atoms with Gasteiger partial charge in [0.15, 0.2) is 11.6 Å². The van der Waals surface area contributed by atoms with Gasteiger partial charge in [-0.2, -0.15) is 8.42 Å². The van der Waals surface area contributed by atoms with Gasteiger partial charge in [-0.1, -0.05) is 35.4 Å². The van der Waals surface area contributed by atoms with Crippen LogP contribution in [0.25, 0.3) is 0 Å². The Morgan fingerprint density at radius 1 is 0.944 bits per heavy atom. The first kappa shape index (κ1) is 25.8. The number of ketones is 2. The fourth-order valence-electron chi connectivity index (χ4n) is 4.00. The quantitative estimate of drug-likeness (QED) is 0.105. The molecular weight excluding hydrogens is 508 g/mol. The lowest BCUT2D eigenvalue weighted by atomic mass is 9.82. The molecule has 3 aromatic carbocycles. The van der Waals surface area contributed by atoms with Crippen molar-refractivity contribution in [3.8, 4) is 0 Å². The third kappa shape index (κ3) is 4.87. The minimum Gasteiger partial charge on any atom is -0.381 e. The van der Waals surface area contributed by atoms with E-state index in [0.29, 0.717) is 22.6 Å². The van der Waals surface area contributed by atoms with Crippen LogP contribution < -0.4 is 10.6 Å². The smallest absolute Gasteiger partial charge is 0.296 e. The second-order valence-electron chi connectivity index (χ2n) is 8.38. The lowest BCUT2D eigenvalue weighted by Crippen LogP contribution is -2.26. The van der Waals surface area contributed by atoms with Gasteiger partial charge in [0.05, 0.1) is 45.1 Å². The van der Waals surface area contributed by atoms with Crippen LogP contribution in [0.2, 0.25) is 0 Å². The fraction of sp³-hybridized carbons (Fsp3) is 0.167. The number of carbonyl (C=O) groups excluding carboxylic acids is 2. The van der Waals surface area contributed by atoms with E-state index in [0.717, 1.165) is 11.6 Å². The van der Waals surface area contributed by atoms with E-state index in [4.69, 9.17) is 5.26 Å². The zero-order valence-corrected chi connectivity index (χ0v) is 21.0. The molecule has 4 N–H and O–H groups in total. The lowest BCUT2D eigenvalue weighted by molar-refractivity contribution is -0.432. The molecule has 3 aromatic rings. The van der Waals surface area contributed by atoms with E-state index in [1.165, 1.54) is 12.1 Å². The summed E-state index contributed by atoms with van der Waals surface area (Å²) in [5.41, 5.74) is 1.10. The molecule has 0 radical (unpaired) electrons. The highest BCUT2D eigenvalue weighted by Crippen LogP contribution is 2.42. The molecule has 0 heterocycles. The van der Waals surface area contributed by atoms with Crippen LogP contribution in [0.1, 0.15) is 51.3 Å². The SMILES string of the molecule is Cc1ccc(Nc2cc(S(=O)(=O)O)c(NC(C)C)c3c2C(=O)c2ccccc2C3=O)c(SOOO)c1. The summed E-state index contributed by atoms with van der Waals surface area (Å²) in [5.74, 6) is -1.06. The van der Waals surface area contributed by atoms with Crippen LogP contribution in [0.15, 0.2) is 58.3 Å². The third-order valence-corrected chi connectivity index (χ3v) is 6.96. The van der Waals surface area contributed by atoms with E-state index in [-0.39, 0.29) is 39.7 Å². The Hall–Kier alpha value is -3.26. The molecule has 188 valence electrons. The highest BCUT2D eigenvalue weighted by molar-refractivity contribution is 7.94. The normalized spacial score (nSPS) is 12.9. The molecule has 0 fully saturated rings. The molecule has 36 heavy (non-hydrogen) atoms. The monoisotopic (exact) mass is 530 g/mol. The standard InChI is InChI=1S/C24H22N2O8S2/c1-12(2)25-22-19(36(30,31)32)11-17(26-16-9-8-13(3)10-18(16)35-34-33-29)20-21(22)24(28)15-7-5-4-6-14(15)23(20)27/h4-12,25-26,29H,1-3H3,(H,30,31,32). The van der Waals surface area contributed by atoms with Gasteiger partial charge in [0, 0.05) is 17.2 Å². The molecule has 0 amide bonds. The van der Waals surface area contributed by atoms with E-state index in [1.54, 1.807) is 44.2 Å². The topological polar surface area (TPSA) is 151 Å². The Morgan fingerprint density at radius 2 is 1.58 bits per heavy atom.